The Labute approximate surface area is 135 Å². The molecule has 0 radical (unpaired) electrons. The van der Waals surface area contributed by atoms with E-state index in [0.717, 1.165) is 16.0 Å². The van der Waals surface area contributed by atoms with Gasteiger partial charge in [-0.05, 0) is 84.8 Å². The highest BCUT2D eigenvalue weighted by Gasteiger charge is 2.35. The summed E-state index contributed by atoms with van der Waals surface area (Å²) in [6, 6.07) is 6.22. The lowest BCUT2D eigenvalue weighted by Crippen LogP contribution is -2.45. The average Bonchev–Trinajstić information content (AvgIpc) is 2.47. The molecule has 1 spiro atoms. The van der Waals surface area contributed by atoms with Crippen LogP contribution in [0.3, 0.4) is 0 Å². The molecular formula is C16H22BrClN2. The molecule has 2 heterocycles. The molecule has 2 fully saturated rings. The van der Waals surface area contributed by atoms with Crippen LogP contribution >= 0.6 is 27.5 Å². The minimum Gasteiger partial charge on any atom is -0.317 e. The van der Waals surface area contributed by atoms with Gasteiger partial charge < -0.3 is 5.32 Å². The van der Waals surface area contributed by atoms with Gasteiger partial charge in [0.1, 0.15) is 0 Å². The SMILES string of the molecule is Clc1c(Br)cccc1CN1CCC2(CCNCC2)CC1. The van der Waals surface area contributed by atoms with Gasteiger partial charge in [0.2, 0.25) is 0 Å². The summed E-state index contributed by atoms with van der Waals surface area (Å²) in [6.07, 6.45) is 5.41. The second-order valence-electron chi connectivity index (χ2n) is 6.24. The lowest BCUT2D eigenvalue weighted by atomic mass is 9.71. The van der Waals surface area contributed by atoms with Crippen LogP contribution in [0.15, 0.2) is 22.7 Å². The second-order valence-corrected chi connectivity index (χ2v) is 7.47. The fourth-order valence-corrected chi connectivity index (χ4v) is 4.15. The highest BCUT2D eigenvalue weighted by atomic mass is 79.9. The highest BCUT2D eigenvalue weighted by molar-refractivity contribution is 9.10. The summed E-state index contributed by atoms with van der Waals surface area (Å²) in [5.41, 5.74) is 1.87. The average molecular weight is 358 g/mol. The maximum absolute atomic E-state index is 6.37. The van der Waals surface area contributed by atoms with Crippen molar-refractivity contribution < 1.29 is 0 Å². The van der Waals surface area contributed by atoms with E-state index in [0.29, 0.717) is 5.41 Å². The van der Waals surface area contributed by atoms with Crippen LogP contribution in [-0.4, -0.2) is 31.1 Å². The first-order chi connectivity index (χ1) is 9.69. The molecule has 2 nitrogen and oxygen atoms in total. The van der Waals surface area contributed by atoms with Crippen LogP contribution in [0.25, 0.3) is 0 Å². The summed E-state index contributed by atoms with van der Waals surface area (Å²) < 4.78 is 1.00. The third kappa shape index (κ3) is 3.22. The zero-order chi connectivity index (χ0) is 14.0. The van der Waals surface area contributed by atoms with E-state index in [1.54, 1.807) is 0 Å². The number of piperidine rings is 2. The van der Waals surface area contributed by atoms with E-state index in [2.05, 4.69) is 38.3 Å². The van der Waals surface area contributed by atoms with Crippen LogP contribution in [0, 0.1) is 5.41 Å². The number of likely N-dealkylation sites (tertiary alicyclic amines) is 1. The summed E-state index contributed by atoms with van der Waals surface area (Å²) in [5, 5.41) is 4.35. The van der Waals surface area contributed by atoms with Gasteiger partial charge in [-0.3, -0.25) is 4.90 Å². The first-order valence-corrected chi connectivity index (χ1v) is 8.72. The van der Waals surface area contributed by atoms with Gasteiger partial charge in [0.15, 0.2) is 0 Å². The Bertz CT molecular complexity index is 462. The molecule has 0 amide bonds. The molecule has 0 unspecified atom stereocenters. The maximum atomic E-state index is 6.37. The van der Waals surface area contributed by atoms with Crippen LogP contribution < -0.4 is 5.32 Å². The highest BCUT2D eigenvalue weighted by Crippen LogP contribution is 2.40. The van der Waals surface area contributed by atoms with Crippen molar-refractivity contribution in [1.29, 1.82) is 0 Å². The Morgan fingerprint density at radius 1 is 1.15 bits per heavy atom. The second kappa shape index (κ2) is 6.35. The molecule has 1 N–H and O–H groups in total. The molecule has 20 heavy (non-hydrogen) atoms. The zero-order valence-corrected chi connectivity index (χ0v) is 14.1. The van der Waals surface area contributed by atoms with Crippen molar-refractivity contribution in [3.63, 3.8) is 0 Å². The predicted octanol–water partition coefficient (Wildman–Crippen LogP) is 4.07. The first kappa shape index (κ1) is 14.8. The molecule has 2 saturated heterocycles. The minimum atomic E-state index is 0.628. The van der Waals surface area contributed by atoms with E-state index in [4.69, 9.17) is 11.6 Å². The summed E-state index contributed by atoms with van der Waals surface area (Å²) in [5.74, 6) is 0. The number of nitrogens with one attached hydrogen (secondary N) is 1. The molecule has 0 aliphatic carbocycles. The third-order valence-corrected chi connectivity index (χ3v) is 6.34. The number of rotatable bonds is 2. The van der Waals surface area contributed by atoms with Crippen molar-refractivity contribution >= 4 is 27.5 Å². The number of hydrogen-bond acceptors (Lipinski definition) is 2. The van der Waals surface area contributed by atoms with Gasteiger partial charge in [0.25, 0.3) is 0 Å². The molecular weight excluding hydrogens is 336 g/mol. The summed E-state index contributed by atoms with van der Waals surface area (Å²) in [7, 11) is 0. The topological polar surface area (TPSA) is 15.3 Å². The third-order valence-electron chi connectivity index (χ3n) is 5.01. The van der Waals surface area contributed by atoms with Gasteiger partial charge >= 0.3 is 0 Å². The van der Waals surface area contributed by atoms with E-state index in [1.807, 2.05) is 6.07 Å². The Balaban J connectivity index is 1.60. The Morgan fingerprint density at radius 2 is 1.85 bits per heavy atom. The van der Waals surface area contributed by atoms with Gasteiger partial charge in [-0.2, -0.15) is 0 Å². The summed E-state index contributed by atoms with van der Waals surface area (Å²) >= 11 is 9.88. The van der Waals surface area contributed by atoms with Crippen molar-refractivity contribution in [2.24, 2.45) is 5.41 Å². The van der Waals surface area contributed by atoms with Crippen LogP contribution in [-0.2, 0) is 6.54 Å². The zero-order valence-electron chi connectivity index (χ0n) is 11.8. The van der Waals surface area contributed by atoms with Gasteiger partial charge in [-0.15, -0.1) is 0 Å². The van der Waals surface area contributed by atoms with E-state index < -0.39 is 0 Å². The Hall–Kier alpha value is -0.0900. The molecule has 0 atom stereocenters. The van der Waals surface area contributed by atoms with E-state index in [-0.39, 0.29) is 0 Å². The largest absolute Gasteiger partial charge is 0.317 e. The fraction of sp³-hybridized carbons (Fsp3) is 0.625. The molecule has 3 rings (SSSR count). The number of halogens is 2. The van der Waals surface area contributed by atoms with Crippen molar-refractivity contribution in [3.8, 4) is 0 Å². The molecule has 2 aliphatic rings. The number of hydrogen-bond donors (Lipinski definition) is 1. The maximum Gasteiger partial charge on any atom is 0.0593 e. The molecule has 0 aromatic heterocycles. The lowest BCUT2D eigenvalue weighted by Gasteiger charge is -2.44. The lowest BCUT2D eigenvalue weighted by molar-refractivity contribution is 0.0701. The minimum absolute atomic E-state index is 0.628. The summed E-state index contributed by atoms with van der Waals surface area (Å²) in [4.78, 5) is 2.56. The fourth-order valence-electron chi connectivity index (χ4n) is 3.55. The predicted molar refractivity (Wildman–Crippen MR) is 88.2 cm³/mol. The van der Waals surface area contributed by atoms with Crippen molar-refractivity contribution in [3.05, 3.63) is 33.3 Å². The van der Waals surface area contributed by atoms with Crippen molar-refractivity contribution in [2.75, 3.05) is 26.2 Å². The normalized spacial score (nSPS) is 23.1. The number of nitrogens with zero attached hydrogens (tertiary/aromatic N) is 1. The van der Waals surface area contributed by atoms with Gasteiger partial charge in [0, 0.05) is 11.0 Å². The van der Waals surface area contributed by atoms with Gasteiger partial charge in [-0.1, -0.05) is 23.7 Å². The van der Waals surface area contributed by atoms with E-state index in [1.165, 1.54) is 57.4 Å². The molecule has 0 bridgehead atoms. The van der Waals surface area contributed by atoms with Crippen LogP contribution in [0.5, 0.6) is 0 Å². The van der Waals surface area contributed by atoms with Gasteiger partial charge in [-0.25, -0.2) is 0 Å². The smallest absolute Gasteiger partial charge is 0.0593 e. The first-order valence-electron chi connectivity index (χ1n) is 7.55. The molecule has 0 saturated carbocycles. The number of benzene rings is 1. The van der Waals surface area contributed by atoms with Crippen LogP contribution in [0.2, 0.25) is 5.02 Å². The molecule has 4 heteroatoms. The molecule has 1 aromatic carbocycles. The molecule has 110 valence electrons. The van der Waals surface area contributed by atoms with Gasteiger partial charge in [0.05, 0.1) is 5.02 Å². The molecule has 1 aromatic rings. The Kier molecular flexibility index (Phi) is 4.71. The van der Waals surface area contributed by atoms with Crippen molar-refractivity contribution in [2.45, 2.75) is 32.2 Å². The quantitative estimate of drug-likeness (QED) is 0.858. The van der Waals surface area contributed by atoms with E-state index in [9.17, 15) is 0 Å². The van der Waals surface area contributed by atoms with Crippen LogP contribution in [0.4, 0.5) is 0 Å². The summed E-state index contributed by atoms with van der Waals surface area (Å²) in [6.45, 7) is 5.81. The molecule has 2 aliphatic heterocycles. The van der Waals surface area contributed by atoms with Crippen LogP contribution in [0.1, 0.15) is 31.2 Å². The monoisotopic (exact) mass is 356 g/mol. The van der Waals surface area contributed by atoms with Crippen molar-refractivity contribution in [1.82, 2.24) is 10.2 Å². The van der Waals surface area contributed by atoms with E-state index >= 15 is 0 Å². The standard InChI is InChI=1S/C16H22BrClN2/c17-14-3-1-2-13(15(14)18)12-20-10-6-16(7-11-20)4-8-19-9-5-16/h1-3,19H,4-12H2. The Morgan fingerprint density at radius 3 is 2.55 bits per heavy atom.